The van der Waals surface area contributed by atoms with Crippen LogP contribution in [0, 0.1) is 11.3 Å². The molecule has 4 nitrogen and oxygen atoms in total. The Balaban J connectivity index is 4.10. The van der Waals surface area contributed by atoms with Gasteiger partial charge in [-0.05, 0) is 11.8 Å². The largest absolute Gasteiger partial charge is 0.330 e. The summed E-state index contributed by atoms with van der Waals surface area (Å²) in [7, 11) is 1.42. The van der Waals surface area contributed by atoms with Gasteiger partial charge in [-0.1, -0.05) is 20.8 Å². The molecule has 0 aliphatic carbocycles. The summed E-state index contributed by atoms with van der Waals surface area (Å²) >= 11 is 0. The average Bonchev–Trinajstić information content (AvgIpc) is 1.99. The van der Waals surface area contributed by atoms with E-state index in [4.69, 9.17) is 5.73 Å². The van der Waals surface area contributed by atoms with Gasteiger partial charge in [0.05, 0.1) is 13.0 Å². The molecule has 0 heterocycles. The number of hydrogen-bond donors (Lipinski definition) is 2. The first kappa shape index (κ1) is 12.4. The molecule has 0 aromatic heterocycles. The van der Waals surface area contributed by atoms with E-state index in [9.17, 15) is 4.79 Å². The van der Waals surface area contributed by atoms with Gasteiger partial charge in [0.25, 0.3) is 0 Å². The van der Waals surface area contributed by atoms with Crippen molar-refractivity contribution in [2.75, 3.05) is 13.7 Å². The van der Waals surface area contributed by atoms with Crippen molar-refractivity contribution >= 4 is 5.91 Å². The van der Waals surface area contributed by atoms with Crippen molar-refractivity contribution in [3.63, 3.8) is 0 Å². The molecule has 0 fully saturated rings. The van der Waals surface area contributed by atoms with Crippen LogP contribution in [0.25, 0.3) is 0 Å². The third-order valence-corrected chi connectivity index (χ3v) is 1.72. The van der Waals surface area contributed by atoms with Crippen LogP contribution in [0.4, 0.5) is 0 Å². The number of nitrogens with one attached hydrogen (secondary N) is 1. The zero-order valence-electron chi connectivity index (χ0n) is 8.89. The van der Waals surface area contributed by atoms with Crippen molar-refractivity contribution < 1.29 is 9.63 Å². The molecule has 1 atom stereocenters. The van der Waals surface area contributed by atoms with E-state index in [1.807, 2.05) is 0 Å². The smallest absolute Gasteiger partial charge is 0.247 e. The van der Waals surface area contributed by atoms with Gasteiger partial charge in [0.2, 0.25) is 5.91 Å². The van der Waals surface area contributed by atoms with E-state index in [2.05, 4.69) is 31.1 Å². The van der Waals surface area contributed by atoms with E-state index in [-0.39, 0.29) is 17.2 Å². The second-order valence-electron chi connectivity index (χ2n) is 4.37. The molecule has 0 rings (SSSR count). The number of carbonyl (C=O) groups is 1. The maximum atomic E-state index is 11.3. The molecular formula is C9H20N2O2. The van der Waals surface area contributed by atoms with E-state index in [1.165, 1.54) is 7.11 Å². The minimum absolute atomic E-state index is 0.106. The molecule has 0 aromatic carbocycles. The topological polar surface area (TPSA) is 64.3 Å². The standard InChI is InChI=1S/C9H20N2O2/c1-9(2,3)5-7(6-10)8(12)11-13-4/h7H,5-6,10H2,1-4H3,(H,11,12). The van der Waals surface area contributed by atoms with E-state index in [0.717, 1.165) is 6.42 Å². The van der Waals surface area contributed by atoms with Crippen LogP contribution in [0.2, 0.25) is 0 Å². The first-order valence-electron chi connectivity index (χ1n) is 4.43. The van der Waals surface area contributed by atoms with Gasteiger partial charge in [-0.2, -0.15) is 0 Å². The highest BCUT2D eigenvalue weighted by molar-refractivity contribution is 5.77. The van der Waals surface area contributed by atoms with Gasteiger partial charge < -0.3 is 5.73 Å². The quantitative estimate of drug-likeness (QED) is 0.637. The van der Waals surface area contributed by atoms with Crippen molar-refractivity contribution in [2.45, 2.75) is 27.2 Å². The van der Waals surface area contributed by atoms with Crippen molar-refractivity contribution in [3.05, 3.63) is 0 Å². The van der Waals surface area contributed by atoms with Gasteiger partial charge >= 0.3 is 0 Å². The Morgan fingerprint density at radius 2 is 2.08 bits per heavy atom. The summed E-state index contributed by atoms with van der Waals surface area (Å²) in [5.74, 6) is -0.306. The van der Waals surface area contributed by atoms with E-state index in [1.54, 1.807) is 0 Å². The van der Waals surface area contributed by atoms with Crippen molar-refractivity contribution in [1.29, 1.82) is 0 Å². The van der Waals surface area contributed by atoms with Gasteiger partial charge in [-0.3, -0.25) is 9.63 Å². The molecule has 0 bridgehead atoms. The lowest BCUT2D eigenvalue weighted by molar-refractivity contribution is -0.136. The molecule has 0 spiro atoms. The third-order valence-electron chi connectivity index (χ3n) is 1.72. The van der Waals surface area contributed by atoms with Crippen LogP contribution in [-0.2, 0) is 9.63 Å². The minimum Gasteiger partial charge on any atom is -0.330 e. The molecule has 0 aliphatic heterocycles. The van der Waals surface area contributed by atoms with Crippen molar-refractivity contribution in [1.82, 2.24) is 5.48 Å². The summed E-state index contributed by atoms with van der Waals surface area (Å²) in [4.78, 5) is 15.9. The molecule has 1 amide bonds. The maximum Gasteiger partial charge on any atom is 0.247 e. The second kappa shape index (κ2) is 5.19. The summed E-state index contributed by atoms with van der Waals surface area (Å²) in [5.41, 5.74) is 7.90. The Morgan fingerprint density at radius 1 is 1.54 bits per heavy atom. The van der Waals surface area contributed by atoms with Crippen LogP contribution in [0.1, 0.15) is 27.2 Å². The third kappa shape index (κ3) is 5.60. The van der Waals surface area contributed by atoms with E-state index in [0.29, 0.717) is 6.54 Å². The van der Waals surface area contributed by atoms with Crippen LogP contribution in [-0.4, -0.2) is 19.6 Å². The van der Waals surface area contributed by atoms with Crippen molar-refractivity contribution in [3.8, 4) is 0 Å². The zero-order valence-corrected chi connectivity index (χ0v) is 8.89. The molecule has 0 saturated heterocycles. The van der Waals surface area contributed by atoms with Gasteiger partial charge in [0, 0.05) is 6.54 Å². The van der Waals surface area contributed by atoms with Gasteiger partial charge in [0.15, 0.2) is 0 Å². The Kier molecular flexibility index (Phi) is 4.95. The normalized spacial score (nSPS) is 13.9. The van der Waals surface area contributed by atoms with Gasteiger partial charge in [0.1, 0.15) is 0 Å². The molecule has 0 saturated carbocycles. The highest BCUT2D eigenvalue weighted by atomic mass is 16.6. The van der Waals surface area contributed by atoms with E-state index >= 15 is 0 Å². The van der Waals surface area contributed by atoms with E-state index < -0.39 is 0 Å². The van der Waals surface area contributed by atoms with Crippen LogP contribution in [0.15, 0.2) is 0 Å². The molecule has 4 heteroatoms. The van der Waals surface area contributed by atoms with Crippen LogP contribution in [0.3, 0.4) is 0 Å². The second-order valence-corrected chi connectivity index (χ2v) is 4.37. The summed E-state index contributed by atoms with van der Waals surface area (Å²) in [6, 6.07) is 0. The molecule has 13 heavy (non-hydrogen) atoms. The molecular weight excluding hydrogens is 168 g/mol. The molecule has 0 aromatic rings. The molecule has 1 unspecified atom stereocenters. The van der Waals surface area contributed by atoms with Gasteiger partial charge in [-0.15, -0.1) is 0 Å². The van der Waals surface area contributed by atoms with Crippen LogP contribution < -0.4 is 11.2 Å². The molecule has 3 N–H and O–H groups in total. The lowest BCUT2D eigenvalue weighted by Gasteiger charge is -2.23. The number of amides is 1. The minimum atomic E-state index is -0.167. The average molecular weight is 188 g/mol. The Labute approximate surface area is 79.8 Å². The SMILES string of the molecule is CONC(=O)C(CN)CC(C)(C)C. The summed E-state index contributed by atoms with van der Waals surface area (Å²) < 4.78 is 0. The highest BCUT2D eigenvalue weighted by Crippen LogP contribution is 2.23. The lowest BCUT2D eigenvalue weighted by Crippen LogP contribution is -2.36. The molecule has 0 radical (unpaired) electrons. The number of carbonyl (C=O) groups excluding carboxylic acids is 1. The van der Waals surface area contributed by atoms with Gasteiger partial charge in [-0.25, -0.2) is 5.48 Å². The number of hydrogen-bond acceptors (Lipinski definition) is 3. The fourth-order valence-corrected chi connectivity index (χ4v) is 1.21. The first-order chi connectivity index (χ1) is 5.90. The zero-order chi connectivity index (χ0) is 10.5. The monoisotopic (exact) mass is 188 g/mol. The summed E-state index contributed by atoms with van der Waals surface area (Å²) in [6.07, 6.45) is 0.763. The summed E-state index contributed by atoms with van der Waals surface area (Å²) in [5, 5.41) is 0. The fourth-order valence-electron chi connectivity index (χ4n) is 1.21. The Hall–Kier alpha value is -0.610. The highest BCUT2D eigenvalue weighted by Gasteiger charge is 2.23. The molecule has 0 aliphatic rings. The predicted molar refractivity (Wildman–Crippen MR) is 51.8 cm³/mol. The van der Waals surface area contributed by atoms with Crippen LogP contribution >= 0.6 is 0 Å². The predicted octanol–water partition coefficient (Wildman–Crippen LogP) is 0.675. The number of nitrogens with two attached hydrogens (primary N) is 1. The Morgan fingerprint density at radius 3 is 2.38 bits per heavy atom. The Bertz CT molecular complexity index is 163. The lowest BCUT2D eigenvalue weighted by atomic mass is 9.84. The fraction of sp³-hybridized carbons (Fsp3) is 0.889. The maximum absolute atomic E-state index is 11.3. The molecule has 78 valence electrons. The number of rotatable bonds is 4. The summed E-state index contributed by atoms with van der Waals surface area (Å²) in [6.45, 7) is 6.59. The van der Waals surface area contributed by atoms with Crippen molar-refractivity contribution in [2.24, 2.45) is 17.1 Å². The van der Waals surface area contributed by atoms with Crippen LogP contribution in [0.5, 0.6) is 0 Å². The first-order valence-corrected chi connectivity index (χ1v) is 4.43. The number of hydroxylamine groups is 1.